The number of carbonyl (C=O) groups excluding carboxylic acids is 3. The molecule has 2 rings (SSSR count). The number of esters is 2. The Morgan fingerprint density at radius 3 is 2.48 bits per heavy atom. The first-order valence-corrected chi connectivity index (χ1v) is 8.97. The average molecular weight is 374 g/mol. The zero-order valence-corrected chi connectivity index (χ0v) is 16.4. The molecule has 2 saturated heterocycles. The number of Topliss-reactive ketones (excluding diaryl/α,β-unsaturated/α-hetero) is 1. The van der Waals surface area contributed by atoms with Crippen molar-refractivity contribution in [1.82, 2.24) is 0 Å². The third kappa shape index (κ3) is 4.27. The van der Waals surface area contributed by atoms with Crippen LogP contribution in [0.25, 0.3) is 0 Å². The van der Waals surface area contributed by atoms with Crippen molar-refractivity contribution in [3.63, 3.8) is 0 Å². The molecule has 0 radical (unpaired) electrons. The summed E-state index contributed by atoms with van der Waals surface area (Å²) in [5, 5.41) is 0. The molecule has 2 fully saturated rings. The number of hydrogen-bond donors (Lipinski definition) is 0. The summed E-state index contributed by atoms with van der Waals surface area (Å²) in [7, 11) is 1.35. The molecule has 0 unspecified atom stereocenters. The van der Waals surface area contributed by atoms with Gasteiger partial charge in [0.1, 0.15) is 12.2 Å². The Morgan fingerprint density at radius 2 is 1.96 bits per heavy atom. The third-order valence-electron chi connectivity index (χ3n) is 4.65. The van der Waals surface area contributed by atoms with Gasteiger partial charge in [0.2, 0.25) is 5.78 Å². The Hall–Kier alpha value is -2.47. The molecule has 0 aromatic rings. The lowest BCUT2D eigenvalue weighted by Crippen LogP contribution is -2.33. The van der Waals surface area contributed by atoms with Crippen molar-refractivity contribution >= 4 is 17.7 Å². The molecule has 0 spiro atoms. The molecule has 6 heteroatoms. The van der Waals surface area contributed by atoms with Crippen molar-refractivity contribution in [3.8, 4) is 0 Å². The second-order valence-electron chi connectivity index (χ2n) is 6.70. The molecule has 0 amide bonds. The summed E-state index contributed by atoms with van der Waals surface area (Å²) < 4.78 is 15.1. The molecule has 2 aliphatic rings. The SMILES string of the molecule is C\C=C(/C=C(C)/C=C/CC/C=C(\C)C(=O)[C@@]12O[C@@H]1[C@H](C)OC2=O)C(=O)OC. The van der Waals surface area contributed by atoms with Crippen LogP contribution in [0.1, 0.15) is 40.5 Å². The van der Waals surface area contributed by atoms with Gasteiger partial charge < -0.3 is 14.2 Å². The number of allylic oxidation sites excluding steroid dienone is 5. The van der Waals surface area contributed by atoms with Gasteiger partial charge in [-0.05, 0) is 52.2 Å². The Kier molecular flexibility index (Phi) is 6.54. The normalized spacial score (nSPS) is 28.2. The van der Waals surface area contributed by atoms with Crippen LogP contribution in [-0.4, -0.2) is 42.6 Å². The maximum Gasteiger partial charge on any atom is 0.350 e. The highest BCUT2D eigenvalue weighted by atomic mass is 16.7. The lowest BCUT2D eigenvalue weighted by molar-refractivity contribution is -0.155. The number of cyclic esters (lactones) is 1. The van der Waals surface area contributed by atoms with Gasteiger partial charge in [0.25, 0.3) is 5.60 Å². The minimum absolute atomic E-state index is 0.308. The molecule has 0 saturated carbocycles. The van der Waals surface area contributed by atoms with E-state index in [4.69, 9.17) is 14.2 Å². The van der Waals surface area contributed by atoms with Crippen LogP contribution in [0, 0.1) is 0 Å². The Labute approximate surface area is 159 Å². The quantitative estimate of drug-likeness (QED) is 0.162. The monoisotopic (exact) mass is 374 g/mol. The van der Waals surface area contributed by atoms with Crippen LogP contribution in [0.5, 0.6) is 0 Å². The van der Waals surface area contributed by atoms with Crippen LogP contribution in [0.2, 0.25) is 0 Å². The van der Waals surface area contributed by atoms with Crippen LogP contribution >= 0.6 is 0 Å². The van der Waals surface area contributed by atoms with Gasteiger partial charge in [0, 0.05) is 0 Å². The fourth-order valence-corrected chi connectivity index (χ4v) is 3.07. The highest BCUT2D eigenvalue weighted by Crippen LogP contribution is 2.48. The number of rotatable bonds is 8. The highest BCUT2D eigenvalue weighted by Gasteiger charge is 2.76. The van der Waals surface area contributed by atoms with Gasteiger partial charge in [-0.1, -0.05) is 29.9 Å². The van der Waals surface area contributed by atoms with E-state index < -0.39 is 17.7 Å². The van der Waals surface area contributed by atoms with Crippen molar-refractivity contribution in [2.24, 2.45) is 0 Å². The molecule has 146 valence electrons. The molecule has 3 atom stereocenters. The maximum absolute atomic E-state index is 12.5. The van der Waals surface area contributed by atoms with E-state index in [9.17, 15) is 14.4 Å². The van der Waals surface area contributed by atoms with Crippen LogP contribution in [0.3, 0.4) is 0 Å². The maximum atomic E-state index is 12.5. The largest absolute Gasteiger partial charge is 0.465 e. The van der Waals surface area contributed by atoms with Gasteiger partial charge >= 0.3 is 11.9 Å². The molecular formula is C21H26O6. The van der Waals surface area contributed by atoms with Crippen molar-refractivity contribution < 1.29 is 28.6 Å². The van der Waals surface area contributed by atoms with E-state index in [1.54, 1.807) is 39.0 Å². The van der Waals surface area contributed by atoms with E-state index in [0.717, 1.165) is 12.0 Å². The molecule has 6 nitrogen and oxygen atoms in total. The fourth-order valence-electron chi connectivity index (χ4n) is 3.07. The number of carbonyl (C=O) groups is 3. The fraction of sp³-hybridized carbons (Fsp3) is 0.476. The number of unbranched alkanes of at least 4 members (excludes halogenated alkanes) is 1. The van der Waals surface area contributed by atoms with Gasteiger partial charge in [-0.2, -0.15) is 0 Å². The average Bonchev–Trinajstić information content (AvgIpc) is 3.36. The van der Waals surface area contributed by atoms with E-state index in [2.05, 4.69) is 0 Å². The van der Waals surface area contributed by atoms with Crippen LogP contribution in [-0.2, 0) is 28.6 Å². The van der Waals surface area contributed by atoms with Crippen molar-refractivity contribution in [2.75, 3.05) is 7.11 Å². The van der Waals surface area contributed by atoms with E-state index >= 15 is 0 Å². The minimum Gasteiger partial charge on any atom is -0.465 e. The summed E-state index contributed by atoms with van der Waals surface area (Å²) in [6.07, 6.45) is 9.67. The Morgan fingerprint density at radius 1 is 1.26 bits per heavy atom. The lowest BCUT2D eigenvalue weighted by atomic mass is 9.94. The van der Waals surface area contributed by atoms with Gasteiger partial charge in [-0.3, -0.25) is 4.79 Å². The Bertz CT molecular complexity index is 755. The first-order chi connectivity index (χ1) is 12.8. The number of fused-ring (bicyclic) bond motifs is 1. The summed E-state index contributed by atoms with van der Waals surface area (Å²) >= 11 is 0. The summed E-state index contributed by atoms with van der Waals surface area (Å²) in [6.45, 7) is 7.09. The van der Waals surface area contributed by atoms with Gasteiger partial charge in [0.15, 0.2) is 0 Å². The van der Waals surface area contributed by atoms with Crippen LogP contribution < -0.4 is 0 Å². The summed E-state index contributed by atoms with van der Waals surface area (Å²) in [6, 6.07) is 0. The number of methoxy groups -OCH3 is 1. The summed E-state index contributed by atoms with van der Waals surface area (Å²) in [5.41, 5.74) is 0.524. The molecule has 2 aliphatic heterocycles. The summed E-state index contributed by atoms with van der Waals surface area (Å²) in [5.74, 6) is -1.26. The molecule has 27 heavy (non-hydrogen) atoms. The first-order valence-electron chi connectivity index (χ1n) is 8.97. The number of ether oxygens (including phenoxy) is 3. The van der Waals surface area contributed by atoms with Crippen molar-refractivity contribution in [1.29, 1.82) is 0 Å². The molecule has 0 aromatic carbocycles. The third-order valence-corrected chi connectivity index (χ3v) is 4.65. The van der Waals surface area contributed by atoms with Crippen molar-refractivity contribution in [2.45, 2.75) is 58.3 Å². The van der Waals surface area contributed by atoms with E-state index in [-0.39, 0.29) is 17.9 Å². The molecule has 0 aromatic heterocycles. The van der Waals surface area contributed by atoms with E-state index in [1.165, 1.54) is 7.11 Å². The molecular weight excluding hydrogens is 348 g/mol. The summed E-state index contributed by atoms with van der Waals surface area (Å²) in [4.78, 5) is 35.9. The minimum atomic E-state index is -1.40. The molecule has 0 aliphatic carbocycles. The van der Waals surface area contributed by atoms with Gasteiger partial charge in [-0.25, -0.2) is 9.59 Å². The lowest BCUT2D eigenvalue weighted by Gasteiger charge is -2.07. The number of epoxide rings is 1. The second kappa shape index (κ2) is 8.48. The zero-order valence-electron chi connectivity index (χ0n) is 16.4. The predicted molar refractivity (Wildman–Crippen MR) is 99.8 cm³/mol. The zero-order chi connectivity index (χ0) is 20.2. The Balaban J connectivity index is 1.87. The van der Waals surface area contributed by atoms with Crippen molar-refractivity contribution in [3.05, 3.63) is 47.1 Å². The molecule has 0 bridgehead atoms. The predicted octanol–water partition coefficient (Wildman–Crippen LogP) is 2.99. The second-order valence-corrected chi connectivity index (χ2v) is 6.70. The van der Waals surface area contributed by atoms with Gasteiger partial charge in [-0.15, -0.1) is 0 Å². The van der Waals surface area contributed by atoms with E-state index in [1.807, 2.05) is 19.1 Å². The van der Waals surface area contributed by atoms with Gasteiger partial charge in [0.05, 0.1) is 12.7 Å². The molecule has 0 N–H and O–H groups in total. The smallest absolute Gasteiger partial charge is 0.350 e. The number of ketones is 1. The van der Waals surface area contributed by atoms with Crippen LogP contribution in [0.4, 0.5) is 0 Å². The topological polar surface area (TPSA) is 82.2 Å². The van der Waals surface area contributed by atoms with Crippen LogP contribution in [0.15, 0.2) is 47.1 Å². The highest BCUT2D eigenvalue weighted by molar-refractivity contribution is 6.19. The van der Waals surface area contributed by atoms with E-state index in [0.29, 0.717) is 17.6 Å². The molecule has 2 heterocycles. The number of hydrogen-bond acceptors (Lipinski definition) is 6. The first kappa shape index (κ1) is 20.8. The standard InChI is InChI=1S/C21H26O6/c1-6-16(19(23)25-5)12-13(2)10-8-7-9-11-14(3)17(22)21-18(27-21)15(4)26-20(21)24/h6,8,10-12,15,18H,7,9H2,1-5H3/b10-8+,13-12+,14-11+,16-6+/t15-,18+,21+/m0/s1.